The third-order valence-corrected chi connectivity index (χ3v) is 2.78. The van der Waals surface area contributed by atoms with Crippen LogP contribution >= 0.6 is 0 Å². The fourth-order valence-electron chi connectivity index (χ4n) is 1.73. The molecule has 7 nitrogen and oxygen atoms in total. The Morgan fingerprint density at radius 1 is 1.47 bits per heavy atom. The monoisotopic (exact) mass is 261 g/mol. The lowest BCUT2D eigenvalue weighted by molar-refractivity contribution is -0.384. The van der Waals surface area contributed by atoms with Gasteiger partial charge in [-0.1, -0.05) is 11.3 Å². The number of non-ortho nitro benzene ring substituents is 1. The number of benzene rings is 1. The van der Waals surface area contributed by atoms with Crippen molar-refractivity contribution in [1.82, 2.24) is 15.0 Å². The van der Waals surface area contributed by atoms with Gasteiger partial charge in [0, 0.05) is 37.1 Å². The van der Waals surface area contributed by atoms with Crippen molar-refractivity contribution in [2.24, 2.45) is 0 Å². The predicted octanol–water partition coefficient (Wildman–Crippen LogP) is 2.00. The molecule has 0 radical (unpaired) electrons. The van der Waals surface area contributed by atoms with Gasteiger partial charge in [0.2, 0.25) is 0 Å². The molecule has 0 aliphatic carbocycles. The van der Waals surface area contributed by atoms with Crippen LogP contribution in [0.15, 0.2) is 30.6 Å². The minimum absolute atomic E-state index is 0.101. The maximum Gasteiger partial charge on any atom is 0.271 e. The zero-order valence-electron chi connectivity index (χ0n) is 10.6. The van der Waals surface area contributed by atoms with E-state index >= 15 is 0 Å². The van der Waals surface area contributed by atoms with E-state index in [1.54, 1.807) is 29.2 Å². The molecular formula is C12H15N5O2. The molecule has 100 valence electrons. The molecule has 2 rings (SSSR count). The maximum absolute atomic E-state index is 10.7. The quantitative estimate of drug-likeness (QED) is 0.488. The summed E-state index contributed by atoms with van der Waals surface area (Å²) < 4.78 is 1.75. The molecule has 1 N–H and O–H groups in total. The number of aromatic nitrogens is 3. The molecule has 19 heavy (non-hydrogen) atoms. The molecule has 1 aromatic carbocycles. The largest absolute Gasteiger partial charge is 0.385 e. The second-order valence-electron chi connectivity index (χ2n) is 4.20. The standard InChI is InChI=1S/C12H15N5O2/c1-10-3-4-11(17(18)19)9-12(10)13-5-2-7-16-8-6-14-15-16/h3-4,6,8-9,13H,2,5,7H2,1H3. The number of anilines is 1. The minimum Gasteiger partial charge on any atom is -0.385 e. The van der Waals surface area contributed by atoms with Gasteiger partial charge in [-0.2, -0.15) is 0 Å². The second-order valence-corrected chi connectivity index (χ2v) is 4.20. The number of nitrogens with zero attached hydrogens (tertiary/aromatic N) is 4. The van der Waals surface area contributed by atoms with E-state index in [9.17, 15) is 10.1 Å². The Morgan fingerprint density at radius 2 is 2.32 bits per heavy atom. The zero-order valence-corrected chi connectivity index (χ0v) is 10.6. The Labute approximate surface area is 110 Å². The highest BCUT2D eigenvalue weighted by Crippen LogP contribution is 2.21. The number of nitro benzene ring substituents is 1. The summed E-state index contributed by atoms with van der Waals surface area (Å²) in [5.74, 6) is 0. The maximum atomic E-state index is 10.7. The Hall–Kier alpha value is -2.44. The molecule has 0 amide bonds. The molecule has 0 aliphatic heterocycles. The molecule has 0 unspecified atom stereocenters. The van der Waals surface area contributed by atoms with E-state index < -0.39 is 0 Å². The SMILES string of the molecule is Cc1ccc([N+](=O)[O-])cc1NCCCn1ccnn1. The smallest absolute Gasteiger partial charge is 0.271 e. The van der Waals surface area contributed by atoms with Gasteiger partial charge in [0.05, 0.1) is 11.1 Å². The lowest BCUT2D eigenvalue weighted by Gasteiger charge is -2.09. The van der Waals surface area contributed by atoms with E-state index in [-0.39, 0.29) is 10.6 Å². The average molecular weight is 261 g/mol. The number of rotatable bonds is 6. The molecule has 0 spiro atoms. The van der Waals surface area contributed by atoms with Crippen molar-refractivity contribution in [3.63, 3.8) is 0 Å². The number of hydrogen-bond acceptors (Lipinski definition) is 5. The van der Waals surface area contributed by atoms with Crippen LogP contribution in [0.5, 0.6) is 0 Å². The van der Waals surface area contributed by atoms with Crippen molar-refractivity contribution in [1.29, 1.82) is 0 Å². The van der Waals surface area contributed by atoms with Gasteiger partial charge in [-0.05, 0) is 18.9 Å². The summed E-state index contributed by atoms with van der Waals surface area (Å²) >= 11 is 0. The highest BCUT2D eigenvalue weighted by molar-refractivity contribution is 5.56. The van der Waals surface area contributed by atoms with Gasteiger partial charge in [-0.3, -0.25) is 14.8 Å². The first-order chi connectivity index (χ1) is 9.16. The fraction of sp³-hybridized carbons (Fsp3) is 0.333. The van der Waals surface area contributed by atoms with Gasteiger partial charge in [-0.25, -0.2) is 0 Å². The summed E-state index contributed by atoms with van der Waals surface area (Å²) in [6.45, 7) is 3.41. The van der Waals surface area contributed by atoms with E-state index in [0.29, 0.717) is 0 Å². The normalized spacial score (nSPS) is 10.4. The third-order valence-electron chi connectivity index (χ3n) is 2.78. The third kappa shape index (κ3) is 3.51. The summed E-state index contributed by atoms with van der Waals surface area (Å²) in [5, 5.41) is 21.5. The average Bonchev–Trinajstić information content (AvgIpc) is 2.89. The van der Waals surface area contributed by atoms with Crippen molar-refractivity contribution in [3.05, 3.63) is 46.3 Å². The summed E-state index contributed by atoms with van der Waals surface area (Å²) in [6.07, 6.45) is 4.31. The minimum atomic E-state index is -0.389. The number of nitrogens with one attached hydrogen (secondary N) is 1. The van der Waals surface area contributed by atoms with Gasteiger partial charge in [0.15, 0.2) is 0 Å². The van der Waals surface area contributed by atoms with Crippen LogP contribution in [-0.4, -0.2) is 26.5 Å². The highest BCUT2D eigenvalue weighted by Gasteiger charge is 2.07. The van der Waals surface area contributed by atoms with Gasteiger partial charge in [0.25, 0.3) is 5.69 Å². The van der Waals surface area contributed by atoms with Gasteiger partial charge in [-0.15, -0.1) is 5.10 Å². The van der Waals surface area contributed by atoms with E-state index in [2.05, 4.69) is 15.6 Å². The molecule has 1 aromatic heterocycles. The summed E-state index contributed by atoms with van der Waals surface area (Å²) in [6, 6.07) is 4.82. The van der Waals surface area contributed by atoms with Crippen LogP contribution in [-0.2, 0) is 6.54 Å². The van der Waals surface area contributed by atoms with E-state index in [4.69, 9.17) is 0 Å². The first kappa shape index (κ1) is 13.0. The topological polar surface area (TPSA) is 85.9 Å². The Morgan fingerprint density at radius 3 is 3.00 bits per heavy atom. The molecule has 7 heteroatoms. The van der Waals surface area contributed by atoms with Crippen molar-refractivity contribution in [2.75, 3.05) is 11.9 Å². The second kappa shape index (κ2) is 5.94. The molecule has 1 heterocycles. The van der Waals surface area contributed by atoms with Crippen molar-refractivity contribution in [2.45, 2.75) is 19.9 Å². The van der Waals surface area contributed by atoms with Crippen LogP contribution < -0.4 is 5.32 Å². The number of aryl methyl sites for hydroxylation is 2. The van der Waals surface area contributed by atoms with Crippen molar-refractivity contribution < 1.29 is 4.92 Å². The van der Waals surface area contributed by atoms with Crippen LogP contribution in [0.4, 0.5) is 11.4 Å². The van der Waals surface area contributed by atoms with E-state index in [1.165, 1.54) is 6.07 Å². The van der Waals surface area contributed by atoms with Crippen LogP contribution in [0.1, 0.15) is 12.0 Å². The molecule has 0 aliphatic rings. The van der Waals surface area contributed by atoms with Crippen LogP contribution in [0.3, 0.4) is 0 Å². The first-order valence-electron chi connectivity index (χ1n) is 6.00. The molecule has 0 saturated carbocycles. The molecule has 2 aromatic rings. The lowest BCUT2D eigenvalue weighted by atomic mass is 10.2. The Bertz CT molecular complexity index is 553. The molecular weight excluding hydrogens is 246 g/mol. The van der Waals surface area contributed by atoms with Gasteiger partial charge < -0.3 is 5.32 Å². The number of nitro groups is 1. The Kier molecular flexibility index (Phi) is 4.07. The lowest BCUT2D eigenvalue weighted by Crippen LogP contribution is -2.08. The first-order valence-corrected chi connectivity index (χ1v) is 6.00. The predicted molar refractivity (Wildman–Crippen MR) is 71.0 cm³/mol. The molecule has 0 fully saturated rings. The van der Waals surface area contributed by atoms with Crippen LogP contribution in [0.25, 0.3) is 0 Å². The van der Waals surface area contributed by atoms with Gasteiger partial charge in [0.1, 0.15) is 0 Å². The summed E-state index contributed by atoms with van der Waals surface area (Å²) in [7, 11) is 0. The van der Waals surface area contributed by atoms with Crippen molar-refractivity contribution in [3.8, 4) is 0 Å². The number of hydrogen-bond donors (Lipinski definition) is 1. The summed E-state index contributed by atoms with van der Waals surface area (Å²) in [4.78, 5) is 10.3. The van der Waals surface area contributed by atoms with E-state index in [1.807, 2.05) is 6.92 Å². The summed E-state index contributed by atoms with van der Waals surface area (Å²) in [5.41, 5.74) is 1.89. The highest BCUT2D eigenvalue weighted by atomic mass is 16.6. The molecule has 0 bridgehead atoms. The van der Waals surface area contributed by atoms with Crippen LogP contribution in [0, 0.1) is 17.0 Å². The fourth-order valence-corrected chi connectivity index (χ4v) is 1.73. The van der Waals surface area contributed by atoms with Crippen molar-refractivity contribution >= 4 is 11.4 Å². The Balaban J connectivity index is 1.88. The van der Waals surface area contributed by atoms with E-state index in [0.717, 1.165) is 30.8 Å². The molecule has 0 atom stereocenters. The van der Waals surface area contributed by atoms with Gasteiger partial charge >= 0.3 is 0 Å². The zero-order chi connectivity index (χ0) is 13.7. The van der Waals surface area contributed by atoms with Crippen LogP contribution in [0.2, 0.25) is 0 Å². The molecule has 0 saturated heterocycles.